The molecule has 0 radical (unpaired) electrons. The van der Waals surface area contributed by atoms with Crippen LogP contribution in [0.1, 0.15) is 58.8 Å². The van der Waals surface area contributed by atoms with Crippen molar-refractivity contribution < 1.29 is 4.74 Å². The van der Waals surface area contributed by atoms with Crippen LogP contribution in [0.5, 0.6) is 0 Å². The first kappa shape index (κ1) is 16.1. The highest BCUT2D eigenvalue weighted by molar-refractivity contribution is 5.38. The van der Waals surface area contributed by atoms with Gasteiger partial charge in [0.1, 0.15) is 5.76 Å². The monoisotopic (exact) mass is 262 g/mol. The maximum absolute atomic E-state index is 5.41. The molecule has 0 spiro atoms. The molecular weight excluding hydrogens is 232 g/mol. The van der Waals surface area contributed by atoms with Gasteiger partial charge >= 0.3 is 0 Å². The van der Waals surface area contributed by atoms with E-state index in [0.29, 0.717) is 5.92 Å². The van der Waals surface area contributed by atoms with Gasteiger partial charge in [0.2, 0.25) is 0 Å². The van der Waals surface area contributed by atoms with Crippen molar-refractivity contribution in [1.82, 2.24) is 0 Å². The van der Waals surface area contributed by atoms with E-state index in [9.17, 15) is 0 Å². The van der Waals surface area contributed by atoms with E-state index in [4.69, 9.17) is 4.74 Å². The molecule has 0 aromatic heterocycles. The van der Waals surface area contributed by atoms with Gasteiger partial charge in [0, 0.05) is 5.57 Å². The quantitative estimate of drug-likeness (QED) is 0.522. The number of unbranched alkanes of at least 4 members (excludes halogenated alkanes) is 2. The van der Waals surface area contributed by atoms with Gasteiger partial charge in [0.15, 0.2) is 0 Å². The molecule has 19 heavy (non-hydrogen) atoms. The molecule has 0 heterocycles. The molecule has 0 saturated heterocycles. The zero-order valence-electron chi connectivity index (χ0n) is 13.0. The van der Waals surface area contributed by atoms with E-state index in [-0.39, 0.29) is 0 Å². The maximum Gasteiger partial charge on any atom is 0.121 e. The van der Waals surface area contributed by atoms with Crippen molar-refractivity contribution in [3.8, 4) is 0 Å². The summed E-state index contributed by atoms with van der Waals surface area (Å²) in [7, 11) is 1.75. The molecule has 0 unspecified atom stereocenters. The van der Waals surface area contributed by atoms with E-state index in [0.717, 1.165) is 18.1 Å². The third-order valence-electron chi connectivity index (χ3n) is 4.16. The van der Waals surface area contributed by atoms with Crippen molar-refractivity contribution in [3.05, 3.63) is 36.1 Å². The lowest BCUT2D eigenvalue weighted by Crippen LogP contribution is -2.16. The number of allylic oxidation sites excluding steroid dienone is 3. The summed E-state index contributed by atoms with van der Waals surface area (Å²) in [6, 6.07) is 0. The second kappa shape index (κ2) is 9.01. The first-order chi connectivity index (χ1) is 9.26. The fourth-order valence-corrected chi connectivity index (χ4v) is 2.95. The van der Waals surface area contributed by atoms with Gasteiger partial charge in [0.25, 0.3) is 0 Å². The Morgan fingerprint density at radius 2 is 1.95 bits per heavy atom. The molecule has 0 amide bonds. The molecule has 0 bridgehead atoms. The molecule has 0 aromatic carbocycles. The Balaban J connectivity index is 2.71. The predicted molar refractivity (Wildman–Crippen MR) is 84.0 cm³/mol. The van der Waals surface area contributed by atoms with Crippen LogP contribution < -0.4 is 0 Å². The van der Waals surface area contributed by atoms with Crippen LogP contribution in [-0.4, -0.2) is 7.11 Å². The molecule has 1 aliphatic carbocycles. The zero-order chi connectivity index (χ0) is 14.1. The topological polar surface area (TPSA) is 9.23 Å². The first-order valence-corrected chi connectivity index (χ1v) is 7.85. The second-order valence-corrected chi connectivity index (χ2v) is 5.54. The van der Waals surface area contributed by atoms with Gasteiger partial charge in [-0.1, -0.05) is 58.3 Å². The Kier molecular flexibility index (Phi) is 7.62. The Morgan fingerprint density at radius 1 is 1.32 bits per heavy atom. The fraction of sp³-hybridized carbons (Fsp3) is 0.667. The van der Waals surface area contributed by atoms with E-state index in [1.807, 2.05) is 6.08 Å². The lowest BCUT2D eigenvalue weighted by atomic mass is 9.79. The SMILES string of the molecule is C=CC1=C[C@H](C(CCCC)CCCC)CC=C1OC. The minimum atomic E-state index is 0.671. The standard InChI is InChI=1S/C18H30O/c1-5-8-10-16(11-9-6-2)17-12-13-18(19-4)15(7-3)14-17/h7,13-14,16-17H,3,5-6,8-12H2,1-2,4H3/t17-/m1/s1. The van der Waals surface area contributed by atoms with E-state index in [1.54, 1.807) is 7.11 Å². The Hall–Kier alpha value is -0.980. The summed E-state index contributed by atoms with van der Waals surface area (Å²) in [6.45, 7) is 8.48. The Bertz CT molecular complexity index is 317. The van der Waals surface area contributed by atoms with E-state index in [1.165, 1.54) is 44.1 Å². The molecular formula is C18H30O. The molecule has 0 fully saturated rings. The summed E-state index contributed by atoms with van der Waals surface area (Å²) < 4.78 is 5.41. The summed E-state index contributed by atoms with van der Waals surface area (Å²) >= 11 is 0. The van der Waals surface area contributed by atoms with Crippen LogP contribution in [0, 0.1) is 11.8 Å². The minimum absolute atomic E-state index is 0.671. The average molecular weight is 262 g/mol. The van der Waals surface area contributed by atoms with Gasteiger partial charge in [-0.3, -0.25) is 0 Å². The van der Waals surface area contributed by atoms with E-state index in [2.05, 4.69) is 32.6 Å². The lowest BCUT2D eigenvalue weighted by molar-refractivity contribution is 0.282. The van der Waals surface area contributed by atoms with Crippen LogP contribution in [0.3, 0.4) is 0 Å². The number of methoxy groups -OCH3 is 1. The lowest BCUT2D eigenvalue weighted by Gasteiger charge is -2.28. The van der Waals surface area contributed by atoms with E-state index < -0.39 is 0 Å². The molecule has 1 atom stereocenters. The van der Waals surface area contributed by atoms with Crippen molar-refractivity contribution in [2.24, 2.45) is 11.8 Å². The second-order valence-electron chi connectivity index (χ2n) is 5.54. The van der Waals surface area contributed by atoms with Gasteiger partial charge < -0.3 is 4.74 Å². The van der Waals surface area contributed by atoms with E-state index >= 15 is 0 Å². The molecule has 108 valence electrons. The zero-order valence-corrected chi connectivity index (χ0v) is 13.0. The van der Waals surface area contributed by atoms with Crippen LogP contribution in [0.2, 0.25) is 0 Å². The molecule has 0 saturated carbocycles. The molecule has 1 nitrogen and oxygen atoms in total. The summed E-state index contributed by atoms with van der Waals surface area (Å²) in [4.78, 5) is 0. The number of hydrogen-bond donors (Lipinski definition) is 0. The molecule has 0 aromatic rings. The Morgan fingerprint density at radius 3 is 2.42 bits per heavy atom. The maximum atomic E-state index is 5.41. The Labute approximate surface area is 119 Å². The number of hydrogen-bond acceptors (Lipinski definition) is 1. The van der Waals surface area contributed by atoms with Crippen molar-refractivity contribution in [1.29, 1.82) is 0 Å². The summed E-state index contributed by atoms with van der Waals surface area (Å²) in [5, 5.41) is 0. The van der Waals surface area contributed by atoms with Crippen LogP contribution in [0.25, 0.3) is 0 Å². The van der Waals surface area contributed by atoms with Gasteiger partial charge in [-0.05, 0) is 37.2 Å². The van der Waals surface area contributed by atoms with Gasteiger partial charge in [0.05, 0.1) is 7.11 Å². The van der Waals surface area contributed by atoms with Gasteiger partial charge in [-0.2, -0.15) is 0 Å². The summed E-state index contributed by atoms with van der Waals surface area (Å²) in [6.07, 6.45) is 15.7. The van der Waals surface area contributed by atoms with Gasteiger partial charge in [-0.25, -0.2) is 0 Å². The van der Waals surface area contributed by atoms with Crippen molar-refractivity contribution in [2.45, 2.75) is 58.8 Å². The predicted octanol–water partition coefficient (Wildman–Crippen LogP) is 5.65. The van der Waals surface area contributed by atoms with Crippen LogP contribution in [-0.2, 0) is 4.74 Å². The van der Waals surface area contributed by atoms with Crippen LogP contribution in [0.4, 0.5) is 0 Å². The molecule has 0 aliphatic heterocycles. The fourth-order valence-electron chi connectivity index (χ4n) is 2.95. The normalized spacial score (nSPS) is 19.1. The van der Waals surface area contributed by atoms with Gasteiger partial charge in [-0.15, -0.1) is 0 Å². The third kappa shape index (κ3) is 4.89. The third-order valence-corrected chi connectivity index (χ3v) is 4.16. The molecule has 1 rings (SSSR count). The highest BCUT2D eigenvalue weighted by Crippen LogP contribution is 2.34. The van der Waals surface area contributed by atoms with Crippen molar-refractivity contribution in [3.63, 3.8) is 0 Å². The first-order valence-electron chi connectivity index (χ1n) is 7.85. The van der Waals surface area contributed by atoms with Crippen molar-refractivity contribution in [2.75, 3.05) is 7.11 Å². The smallest absolute Gasteiger partial charge is 0.121 e. The molecule has 0 N–H and O–H groups in total. The van der Waals surface area contributed by atoms with Crippen molar-refractivity contribution >= 4 is 0 Å². The molecule has 1 aliphatic rings. The number of ether oxygens (including phenoxy) is 1. The minimum Gasteiger partial charge on any atom is -0.496 e. The van der Waals surface area contributed by atoms with Crippen LogP contribution in [0.15, 0.2) is 36.1 Å². The highest BCUT2D eigenvalue weighted by atomic mass is 16.5. The van der Waals surface area contributed by atoms with Crippen LogP contribution >= 0.6 is 0 Å². The average Bonchev–Trinajstić information content (AvgIpc) is 2.46. The number of rotatable bonds is 9. The highest BCUT2D eigenvalue weighted by Gasteiger charge is 2.22. The largest absolute Gasteiger partial charge is 0.496 e. The summed E-state index contributed by atoms with van der Waals surface area (Å²) in [5.74, 6) is 2.49. The summed E-state index contributed by atoms with van der Waals surface area (Å²) in [5.41, 5.74) is 1.18. The molecule has 1 heteroatoms.